The zero-order valence-electron chi connectivity index (χ0n) is 12.9. The molecule has 4 nitrogen and oxygen atoms in total. The standard InChI is InChI=1S/C16H25N3O.ClH/c1-12-5-3-7-15(13(12)2)18-16(20)11-19-8-4-6-14(9-17)10-19;/h3,5,7,14H,4,6,8-11,17H2,1-2H3,(H,18,20);1H. The number of hydrogen-bond donors (Lipinski definition) is 2. The predicted octanol–water partition coefficient (Wildman–Crippen LogP) is 2.33. The molecular formula is C16H26ClN3O. The number of rotatable bonds is 4. The topological polar surface area (TPSA) is 58.4 Å². The molecule has 2 rings (SSSR count). The van der Waals surface area contributed by atoms with Gasteiger partial charge in [0.2, 0.25) is 5.91 Å². The van der Waals surface area contributed by atoms with Crippen molar-refractivity contribution in [2.24, 2.45) is 11.7 Å². The molecule has 0 bridgehead atoms. The third-order valence-electron chi connectivity index (χ3n) is 4.18. The first-order valence-electron chi connectivity index (χ1n) is 7.38. The molecule has 1 saturated heterocycles. The molecular weight excluding hydrogens is 286 g/mol. The Kier molecular flexibility index (Phi) is 7.15. The molecule has 1 unspecified atom stereocenters. The number of piperidine rings is 1. The fraction of sp³-hybridized carbons (Fsp3) is 0.562. The number of benzene rings is 1. The van der Waals surface area contributed by atoms with E-state index in [-0.39, 0.29) is 18.3 Å². The SMILES string of the molecule is Cc1cccc(NC(=O)CN2CCCC(CN)C2)c1C.Cl. The number of nitrogens with zero attached hydrogens (tertiary/aromatic N) is 1. The van der Waals surface area contributed by atoms with Crippen LogP contribution in [-0.4, -0.2) is 37.0 Å². The molecule has 21 heavy (non-hydrogen) atoms. The average molecular weight is 312 g/mol. The lowest BCUT2D eigenvalue weighted by Crippen LogP contribution is -2.42. The summed E-state index contributed by atoms with van der Waals surface area (Å²) in [6.07, 6.45) is 2.32. The number of hydrogen-bond acceptors (Lipinski definition) is 3. The molecule has 1 aliphatic rings. The Morgan fingerprint density at radius 1 is 1.43 bits per heavy atom. The summed E-state index contributed by atoms with van der Waals surface area (Å²) in [6, 6.07) is 5.99. The Morgan fingerprint density at radius 3 is 2.90 bits per heavy atom. The van der Waals surface area contributed by atoms with Crippen molar-refractivity contribution in [3.05, 3.63) is 29.3 Å². The van der Waals surface area contributed by atoms with E-state index in [0.29, 0.717) is 12.5 Å². The van der Waals surface area contributed by atoms with Crippen LogP contribution in [0.15, 0.2) is 18.2 Å². The Labute approximate surface area is 133 Å². The number of halogens is 1. The van der Waals surface area contributed by atoms with Gasteiger partial charge in [-0.2, -0.15) is 0 Å². The molecule has 1 atom stereocenters. The Balaban J connectivity index is 0.00000220. The van der Waals surface area contributed by atoms with E-state index in [1.807, 2.05) is 19.1 Å². The van der Waals surface area contributed by atoms with Crippen LogP contribution >= 0.6 is 12.4 Å². The van der Waals surface area contributed by atoms with Gasteiger partial charge in [-0.3, -0.25) is 9.69 Å². The van der Waals surface area contributed by atoms with Gasteiger partial charge in [-0.25, -0.2) is 0 Å². The van der Waals surface area contributed by atoms with Crippen LogP contribution in [-0.2, 0) is 4.79 Å². The molecule has 0 spiro atoms. The third-order valence-corrected chi connectivity index (χ3v) is 4.18. The molecule has 0 aromatic heterocycles. The lowest BCUT2D eigenvalue weighted by Gasteiger charge is -2.31. The summed E-state index contributed by atoms with van der Waals surface area (Å²) in [4.78, 5) is 14.4. The van der Waals surface area contributed by atoms with Crippen LogP contribution in [0.3, 0.4) is 0 Å². The Morgan fingerprint density at radius 2 is 2.19 bits per heavy atom. The quantitative estimate of drug-likeness (QED) is 0.897. The van der Waals surface area contributed by atoms with Gasteiger partial charge in [0.1, 0.15) is 0 Å². The molecule has 0 aliphatic carbocycles. The largest absolute Gasteiger partial charge is 0.330 e. The van der Waals surface area contributed by atoms with Gasteiger partial charge in [-0.15, -0.1) is 12.4 Å². The third kappa shape index (κ3) is 4.99. The summed E-state index contributed by atoms with van der Waals surface area (Å²) in [7, 11) is 0. The molecule has 0 radical (unpaired) electrons. The van der Waals surface area contributed by atoms with Gasteiger partial charge < -0.3 is 11.1 Å². The predicted molar refractivity (Wildman–Crippen MR) is 90.0 cm³/mol. The number of amides is 1. The molecule has 3 N–H and O–H groups in total. The molecule has 1 aromatic rings. The van der Waals surface area contributed by atoms with E-state index in [0.717, 1.165) is 37.3 Å². The highest BCUT2D eigenvalue weighted by molar-refractivity contribution is 5.93. The maximum absolute atomic E-state index is 12.2. The van der Waals surface area contributed by atoms with Gasteiger partial charge in [-0.1, -0.05) is 12.1 Å². The van der Waals surface area contributed by atoms with Crippen molar-refractivity contribution >= 4 is 24.0 Å². The average Bonchev–Trinajstić information content (AvgIpc) is 2.44. The number of aryl methyl sites for hydroxylation is 1. The van der Waals surface area contributed by atoms with Gasteiger partial charge >= 0.3 is 0 Å². The Bertz CT molecular complexity index is 479. The number of carbonyl (C=O) groups excluding carboxylic acids is 1. The van der Waals surface area contributed by atoms with Crippen LogP contribution in [0.5, 0.6) is 0 Å². The van der Waals surface area contributed by atoms with Crippen LogP contribution in [0.25, 0.3) is 0 Å². The highest BCUT2D eigenvalue weighted by atomic mass is 35.5. The molecule has 1 aromatic carbocycles. The molecule has 1 amide bonds. The summed E-state index contributed by atoms with van der Waals surface area (Å²) >= 11 is 0. The maximum Gasteiger partial charge on any atom is 0.238 e. The van der Waals surface area contributed by atoms with Gasteiger partial charge in [0.05, 0.1) is 6.54 Å². The fourth-order valence-corrected chi connectivity index (χ4v) is 2.77. The lowest BCUT2D eigenvalue weighted by atomic mass is 9.98. The smallest absolute Gasteiger partial charge is 0.238 e. The summed E-state index contributed by atoms with van der Waals surface area (Å²) in [5.41, 5.74) is 8.98. The molecule has 1 heterocycles. The number of nitrogens with one attached hydrogen (secondary N) is 1. The number of carbonyl (C=O) groups is 1. The second-order valence-electron chi connectivity index (χ2n) is 5.77. The minimum atomic E-state index is 0. The van der Waals surface area contributed by atoms with E-state index in [4.69, 9.17) is 5.73 Å². The first kappa shape index (κ1) is 18.0. The monoisotopic (exact) mass is 311 g/mol. The normalized spacial score (nSPS) is 18.9. The van der Waals surface area contributed by atoms with Crippen molar-refractivity contribution in [2.45, 2.75) is 26.7 Å². The second kappa shape index (κ2) is 8.37. The summed E-state index contributed by atoms with van der Waals surface area (Å²) in [5.74, 6) is 0.605. The van der Waals surface area contributed by atoms with Crippen molar-refractivity contribution in [1.82, 2.24) is 4.90 Å². The highest BCUT2D eigenvalue weighted by Crippen LogP contribution is 2.19. The van der Waals surface area contributed by atoms with Crippen LogP contribution in [0.2, 0.25) is 0 Å². The highest BCUT2D eigenvalue weighted by Gasteiger charge is 2.20. The summed E-state index contributed by atoms with van der Waals surface area (Å²) < 4.78 is 0. The summed E-state index contributed by atoms with van der Waals surface area (Å²) in [6.45, 7) is 7.21. The molecule has 5 heteroatoms. The van der Waals surface area contributed by atoms with Crippen LogP contribution in [0.1, 0.15) is 24.0 Å². The van der Waals surface area contributed by atoms with E-state index < -0.39 is 0 Å². The molecule has 1 aliphatic heterocycles. The minimum absolute atomic E-state index is 0. The molecule has 1 fully saturated rings. The second-order valence-corrected chi connectivity index (χ2v) is 5.77. The van der Waals surface area contributed by atoms with E-state index in [1.165, 1.54) is 12.0 Å². The van der Waals surface area contributed by atoms with Gasteiger partial charge in [0.15, 0.2) is 0 Å². The fourth-order valence-electron chi connectivity index (χ4n) is 2.77. The minimum Gasteiger partial charge on any atom is -0.330 e. The first-order chi connectivity index (χ1) is 9.60. The number of anilines is 1. The van der Waals surface area contributed by atoms with Crippen LogP contribution < -0.4 is 11.1 Å². The number of nitrogens with two attached hydrogens (primary N) is 1. The maximum atomic E-state index is 12.2. The van der Waals surface area contributed by atoms with E-state index in [2.05, 4.69) is 23.2 Å². The molecule has 0 saturated carbocycles. The van der Waals surface area contributed by atoms with Crippen molar-refractivity contribution < 1.29 is 4.79 Å². The van der Waals surface area contributed by atoms with Crippen LogP contribution in [0, 0.1) is 19.8 Å². The van der Waals surface area contributed by atoms with Crippen LogP contribution in [0.4, 0.5) is 5.69 Å². The van der Waals surface area contributed by atoms with Gasteiger partial charge in [-0.05, 0) is 62.9 Å². The van der Waals surface area contributed by atoms with Crippen molar-refractivity contribution in [3.8, 4) is 0 Å². The van der Waals surface area contributed by atoms with Crippen molar-refractivity contribution in [1.29, 1.82) is 0 Å². The first-order valence-corrected chi connectivity index (χ1v) is 7.38. The zero-order valence-corrected chi connectivity index (χ0v) is 13.7. The molecule has 118 valence electrons. The van der Waals surface area contributed by atoms with Gasteiger partial charge in [0.25, 0.3) is 0 Å². The van der Waals surface area contributed by atoms with Crippen molar-refractivity contribution in [2.75, 3.05) is 31.5 Å². The van der Waals surface area contributed by atoms with Gasteiger partial charge in [0, 0.05) is 12.2 Å². The Hall–Kier alpha value is -1.10. The van der Waals surface area contributed by atoms with E-state index in [1.54, 1.807) is 0 Å². The van der Waals surface area contributed by atoms with E-state index >= 15 is 0 Å². The number of likely N-dealkylation sites (tertiary alicyclic amines) is 1. The van der Waals surface area contributed by atoms with E-state index in [9.17, 15) is 4.79 Å². The lowest BCUT2D eigenvalue weighted by molar-refractivity contribution is -0.117. The van der Waals surface area contributed by atoms with Crippen molar-refractivity contribution in [3.63, 3.8) is 0 Å². The zero-order chi connectivity index (χ0) is 14.5. The summed E-state index contributed by atoms with van der Waals surface area (Å²) in [5, 5.41) is 3.02.